The van der Waals surface area contributed by atoms with Gasteiger partial charge in [-0.15, -0.1) is 0 Å². The van der Waals surface area contributed by atoms with Crippen molar-refractivity contribution in [2.45, 2.75) is 45.8 Å². The van der Waals surface area contributed by atoms with Crippen LogP contribution in [-0.2, 0) is 6.54 Å². The minimum Gasteiger partial charge on any atom is -0.395 e. The zero-order valence-corrected chi connectivity index (χ0v) is 9.77. The van der Waals surface area contributed by atoms with Gasteiger partial charge in [0, 0.05) is 24.8 Å². The van der Waals surface area contributed by atoms with Crippen LogP contribution in [0.5, 0.6) is 0 Å². The number of aromatic nitrogens is 2. The van der Waals surface area contributed by atoms with Crippen molar-refractivity contribution < 1.29 is 5.11 Å². The lowest BCUT2D eigenvalue weighted by Crippen LogP contribution is -2.31. The Bertz CT molecular complexity index is 279. The van der Waals surface area contributed by atoms with E-state index in [1.165, 1.54) is 0 Å². The van der Waals surface area contributed by atoms with Crippen LogP contribution in [0.1, 0.15) is 38.9 Å². The molecule has 1 heterocycles. The zero-order valence-electron chi connectivity index (χ0n) is 9.77. The Morgan fingerprint density at radius 1 is 1.53 bits per heavy atom. The third-order valence-corrected chi connectivity index (χ3v) is 2.48. The van der Waals surface area contributed by atoms with Gasteiger partial charge in [0.15, 0.2) is 0 Å². The molecule has 4 heteroatoms. The van der Waals surface area contributed by atoms with Crippen LogP contribution >= 0.6 is 0 Å². The van der Waals surface area contributed by atoms with E-state index >= 15 is 0 Å². The van der Waals surface area contributed by atoms with Gasteiger partial charge in [-0.25, -0.2) is 0 Å². The topological polar surface area (TPSA) is 50.1 Å². The molecule has 0 radical (unpaired) electrons. The standard InChI is InChI=1S/C11H21N3O/c1-4-10(8-15)12-7-11-5-6-14(13-11)9(2)3/h5-6,9-10,12,15H,4,7-8H2,1-3H3. The molecule has 1 rings (SSSR count). The predicted octanol–water partition coefficient (Wildman–Crippen LogP) is 1.32. The number of hydrogen-bond acceptors (Lipinski definition) is 3. The smallest absolute Gasteiger partial charge is 0.0762 e. The summed E-state index contributed by atoms with van der Waals surface area (Å²) in [6.45, 7) is 7.17. The lowest BCUT2D eigenvalue weighted by atomic mass is 10.2. The van der Waals surface area contributed by atoms with E-state index in [9.17, 15) is 0 Å². The van der Waals surface area contributed by atoms with Crippen molar-refractivity contribution in [3.05, 3.63) is 18.0 Å². The predicted molar refractivity (Wildman–Crippen MR) is 60.6 cm³/mol. The van der Waals surface area contributed by atoms with Crippen molar-refractivity contribution in [1.29, 1.82) is 0 Å². The van der Waals surface area contributed by atoms with Crippen LogP contribution in [0.4, 0.5) is 0 Å². The Hall–Kier alpha value is -0.870. The minimum atomic E-state index is 0.175. The Kier molecular flexibility index (Phi) is 4.78. The summed E-state index contributed by atoms with van der Waals surface area (Å²) in [7, 11) is 0. The number of nitrogens with one attached hydrogen (secondary N) is 1. The molecule has 0 aliphatic carbocycles. The van der Waals surface area contributed by atoms with Crippen LogP contribution in [0.2, 0.25) is 0 Å². The van der Waals surface area contributed by atoms with E-state index in [-0.39, 0.29) is 12.6 Å². The third kappa shape index (κ3) is 3.64. The highest BCUT2D eigenvalue weighted by Crippen LogP contribution is 2.04. The summed E-state index contributed by atoms with van der Waals surface area (Å²) in [5.41, 5.74) is 1.02. The summed E-state index contributed by atoms with van der Waals surface area (Å²) in [4.78, 5) is 0. The van der Waals surface area contributed by atoms with Crippen LogP contribution < -0.4 is 5.32 Å². The monoisotopic (exact) mass is 211 g/mol. The molecule has 1 unspecified atom stereocenters. The lowest BCUT2D eigenvalue weighted by Gasteiger charge is -2.12. The largest absolute Gasteiger partial charge is 0.395 e. The summed E-state index contributed by atoms with van der Waals surface area (Å²) in [6.07, 6.45) is 2.92. The van der Waals surface area contributed by atoms with Crippen LogP contribution in [-0.4, -0.2) is 27.5 Å². The third-order valence-electron chi connectivity index (χ3n) is 2.48. The average molecular weight is 211 g/mol. The van der Waals surface area contributed by atoms with E-state index in [0.29, 0.717) is 6.04 Å². The molecule has 86 valence electrons. The summed E-state index contributed by atoms with van der Waals surface area (Å²) >= 11 is 0. The molecular formula is C11H21N3O. The van der Waals surface area contributed by atoms with Gasteiger partial charge in [-0.2, -0.15) is 5.10 Å². The number of rotatable bonds is 6. The molecule has 4 nitrogen and oxygen atoms in total. The SMILES string of the molecule is CCC(CO)NCc1ccn(C(C)C)n1. The first-order valence-corrected chi connectivity index (χ1v) is 5.55. The van der Waals surface area contributed by atoms with Crippen molar-refractivity contribution in [2.75, 3.05) is 6.61 Å². The number of nitrogens with zero attached hydrogens (tertiary/aromatic N) is 2. The molecule has 15 heavy (non-hydrogen) atoms. The molecule has 0 saturated carbocycles. The maximum absolute atomic E-state index is 9.01. The fourth-order valence-electron chi connectivity index (χ4n) is 1.35. The van der Waals surface area contributed by atoms with E-state index in [2.05, 4.69) is 31.2 Å². The first-order chi connectivity index (χ1) is 7.17. The van der Waals surface area contributed by atoms with Gasteiger partial charge < -0.3 is 10.4 Å². The molecule has 0 amide bonds. The number of hydrogen-bond donors (Lipinski definition) is 2. The fourth-order valence-corrected chi connectivity index (χ4v) is 1.35. The molecule has 0 spiro atoms. The molecular weight excluding hydrogens is 190 g/mol. The second kappa shape index (κ2) is 5.88. The normalized spacial score (nSPS) is 13.4. The molecule has 0 aliphatic heterocycles. The highest BCUT2D eigenvalue weighted by Gasteiger charge is 2.05. The zero-order chi connectivity index (χ0) is 11.3. The molecule has 2 N–H and O–H groups in total. The van der Waals surface area contributed by atoms with Crippen LogP contribution in [0.25, 0.3) is 0 Å². The summed E-state index contributed by atoms with van der Waals surface area (Å²) in [5, 5.41) is 16.7. The second-order valence-electron chi connectivity index (χ2n) is 4.05. The Labute approximate surface area is 91.3 Å². The maximum atomic E-state index is 9.01. The molecule has 1 aromatic rings. The summed E-state index contributed by atoms with van der Waals surface area (Å²) < 4.78 is 1.94. The molecule has 0 saturated heterocycles. The highest BCUT2D eigenvalue weighted by molar-refractivity contribution is 4.99. The van der Waals surface area contributed by atoms with Crippen molar-refractivity contribution in [3.8, 4) is 0 Å². The van der Waals surface area contributed by atoms with Crippen molar-refractivity contribution >= 4 is 0 Å². The minimum absolute atomic E-state index is 0.175. The lowest BCUT2D eigenvalue weighted by molar-refractivity contribution is 0.238. The van der Waals surface area contributed by atoms with Gasteiger partial charge in [0.05, 0.1) is 12.3 Å². The molecule has 0 bridgehead atoms. The van der Waals surface area contributed by atoms with E-state index in [1.807, 2.05) is 16.9 Å². The van der Waals surface area contributed by atoms with Crippen molar-refractivity contribution in [2.24, 2.45) is 0 Å². The van der Waals surface area contributed by atoms with E-state index in [4.69, 9.17) is 5.11 Å². The van der Waals surface area contributed by atoms with Crippen LogP contribution in [0, 0.1) is 0 Å². The molecule has 0 aromatic carbocycles. The van der Waals surface area contributed by atoms with Gasteiger partial charge in [-0.3, -0.25) is 4.68 Å². The Morgan fingerprint density at radius 3 is 2.73 bits per heavy atom. The van der Waals surface area contributed by atoms with Gasteiger partial charge in [0.1, 0.15) is 0 Å². The molecule has 0 fully saturated rings. The molecule has 0 aliphatic rings. The van der Waals surface area contributed by atoms with Crippen LogP contribution in [0.15, 0.2) is 12.3 Å². The number of aliphatic hydroxyl groups is 1. The van der Waals surface area contributed by atoms with Gasteiger partial charge in [-0.1, -0.05) is 6.92 Å². The van der Waals surface area contributed by atoms with Crippen molar-refractivity contribution in [3.63, 3.8) is 0 Å². The Morgan fingerprint density at radius 2 is 2.27 bits per heavy atom. The Balaban J connectivity index is 2.43. The van der Waals surface area contributed by atoms with Gasteiger partial charge in [0.25, 0.3) is 0 Å². The van der Waals surface area contributed by atoms with E-state index in [1.54, 1.807) is 0 Å². The van der Waals surface area contributed by atoms with E-state index in [0.717, 1.165) is 18.7 Å². The summed E-state index contributed by atoms with van der Waals surface area (Å²) in [5.74, 6) is 0. The van der Waals surface area contributed by atoms with E-state index < -0.39 is 0 Å². The highest BCUT2D eigenvalue weighted by atomic mass is 16.3. The first kappa shape index (κ1) is 12.2. The number of aliphatic hydroxyl groups excluding tert-OH is 1. The van der Waals surface area contributed by atoms with Crippen molar-refractivity contribution in [1.82, 2.24) is 15.1 Å². The quantitative estimate of drug-likeness (QED) is 0.746. The van der Waals surface area contributed by atoms with Gasteiger partial charge >= 0.3 is 0 Å². The first-order valence-electron chi connectivity index (χ1n) is 5.55. The van der Waals surface area contributed by atoms with Gasteiger partial charge in [0.2, 0.25) is 0 Å². The molecule has 1 aromatic heterocycles. The van der Waals surface area contributed by atoms with Crippen LogP contribution in [0.3, 0.4) is 0 Å². The molecule has 1 atom stereocenters. The average Bonchev–Trinajstić information content (AvgIpc) is 2.68. The summed E-state index contributed by atoms with van der Waals surface area (Å²) in [6, 6.07) is 2.59. The second-order valence-corrected chi connectivity index (χ2v) is 4.05. The maximum Gasteiger partial charge on any atom is 0.0762 e. The fraction of sp³-hybridized carbons (Fsp3) is 0.727. The van der Waals surface area contributed by atoms with Gasteiger partial charge in [-0.05, 0) is 26.3 Å².